The highest BCUT2D eigenvalue weighted by Gasteiger charge is 2.26. The molecule has 0 aliphatic heterocycles. The summed E-state index contributed by atoms with van der Waals surface area (Å²) in [6, 6.07) is 0. The zero-order valence-corrected chi connectivity index (χ0v) is 8.28. The molecule has 0 aliphatic rings. The number of rotatable bonds is 6. The fraction of sp³-hybridized carbons (Fsp3) is 0.667. The number of esters is 1. The molecule has 0 aromatic carbocycles. The normalized spacial score (nSPS) is 12.6. The zero-order chi connectivity index (χ0) is 10.3. The second-order valence-electron chi connectivity index (χ2n) is 2.35. The van der Waals surface area contributed by atoms with Gasteiger partial charge in [0.05, 0.1) is 6.61 Å². The average Bonchev–Trinajstić information content (AvgIpc) is 2.14. The molecule has 0 rings (SSSR count). The van der Waals surface area contributed by atoms with Crippen molar-refractivity contribution in [2.24, 2.45) is 5.92 Å². The summed E-state index contributed by atoms with van der Waals surface area (Å²) in [7, 11) is 2.92. The molecular formula is C9H16O4. The Labute approximate surface area is 78.5 Å². The molecule has 76 valence electrons. The van der Waals surface area contributed by atoms with Crippen LogP contribution in [0.5, 0.6) is 0 Å². The van der Waals surface area contributed by atoms with Crippen molar-refractivity contribution in [2.45, 2.75) is 13.2 Å². The van der Waals surface area contributed by atoms with Gasteiger partial charge in [0, 0.05) is 14.2 Å². The van der Waals surface area contributed by atoms with Crippen LogP contribution < -0.4 is 0 Å². The van der Waals surface area contributed by atoms with Crippen molar-refractivity contribution in [3.05, 3.63) is 12.7 Å². The van der Waals surface area contributed by atoms with Gasteiger partial charge in [-0.25, -0.2) is 0 Å². The topological polar surface area (TPSA) is 44.8 Å². The third-order valence-corrected chi connectivity index (χ3v) is 1.57. The van der Waals surface area contributed by atoms with E-state index in [1.54, 1.807) is 6.92 Å². The summed E-state index contributed by atoms with van der Waals surface area (Å²) < 4.78 is 14.7. The van der Waals surface area contributed by atoms with Gasteiger partial charge in [0.2, 0.25) is 0 Å². The fourth-order valence-corrected chi connectivity index (χ4v) is 0.946. The van der Waals surface area contributed by atoms with Gasteiger partial charge in [-0.05, 0) is 6.92 Å². The van der Waals surface area contributed by atoms with Crippen LogP contribution in [0.1, 0.15) is 6.92 Å². The minimum absolute atomic E-state index is 0.337. The molecule has 0 spiro atoms. The van der Waals surface area contributed by atoms with E-state index in [2.05, 4.69) is 6.58 Å². The highest BCUT2D eigenvalue weighted by Crippen LogP contribution is 2.11. The van der Waals surface area contributed by atoms with Crippen molar-refractivity contribution in [2.75, 3.05) is 20.8 Å². The summed E-state index contributed by atoms with van der Waals surface area (Å²) >= 11 is 0. The van der Waals surface area contributed by atoms with Crippen LogP contribution in [0.15, 0.2) is 12.7 Å². The van der Waals surface area contributed by atoms with E-state index in [-0.39, 0.29) is 5.97 Å². The third kappa shape index (κ3) is 3.57. The molecule has 0 N–H and O–H groups in total. The van der Waals surface area contributed by atoms with Crippen molar-refractivity contribution in [3.63, 3.8) is 0 Å². The van der Waals surface area contributed by atoms with Crippen LogP contribution >= 0.6 is 0 Å². The van der Waals surface area contributed by atoms with Crippen molar-refractivity contribution >= 4 is 5.97 Å². The fourth-order valence-electron chi connectivity index (χ4n) is 0.946. The first-order valence-corrected chi connectivity index (χ1v) is 4.06. The maximum atomic E-state index is 11.3. The molecule has 0 radical (unpaired) electrons. The van der Waals surface area contributed by atoms with E-state index >= 15 is 0 Å². The Balaban J connectivity index is 4.29. The summed E-state index contributed by atoms with van der Waals surface area (Å²) in [4.78, 5) is 11.3. The van der Waals surface area contributed by atoms with E-state index in [0.29, 0.717) is 6.61 Å². The average molecular weight is 188 g/mol. The van der Waals surface area contributed by atoms with E-state index in [9.17, 15) is 4.79 Å². The molecule has 0 amide bonds. The monoisotopic (exact) mass is 188 g/mol. The number of carbonyl (C=O) groups excluding carboxylic acids is 1. The van der Waals surface area contributed by atoms with Gasteiger partial charge in [-0.1, -0.05) is 6.08 Å². The van der Waals surface area contributed by atoms with Gasteiger partial charge >= 0.3 is 5.97 Å². The molecular weight excluding hydrogens is 172 g/mol. The highest BCUT2D eigenvalue weighted by atomic mass is 16.7. The van der Waals surface area contributed by atoms with Crippen LogP contribution in [-0.2, 0) is 19.0 Å². The second-order valence-corrected chi connectivity index (χ2v) is 2.35. The van der Waals surface area contributed by atoms with E-state index in [1.807, 2.05) is 0 Å². The van der Waals surface area contributed by atoms with Gasteiger partial charge in [0.15, 0.2) is 6.29 Å². The zero-order valence-electron chi connectivity index (χ0n) is 8.28. The minimum Gasteiger partial charge on any atom is -0.465 e. The van der Waals surface area contributed by atoms with Crippen molar-refractivity contribution in [1.82, 2.24) is 0 Å². The first-order valence-electron chi connectivity index (χ1n) is 4.06. The summed E-state index contributed by atoms with van der Waals surface area (Å²) in [5, 5.41) is 0. The summed E-state index contributed by atoms with van der Waals surface area (Å²) in [5.74, 6) is -0.957. The van der Waals surface area contributed by atoms with E-state index in [4.69, 9.17) is 14.2 Å². The molecule has 0 aliphatic carbocycles. The summed E-state index contributed by atoms with van der Waals surface area (Å²) in [6.45, 7) is 5.60. The highest BCUT2D eigenvalue weighted by molar-refractivity contribution is 5.74. The lowest BCUT2D eigenvalue weighted by atomic mass is 10.1. The van der Waals surface area contributed by atoms with Crippen LogP contribution in [0.2, 0.25) is 0 Å². The van der Waals surface area contributed by atoms with Gasteiger partial charge in [0.25, 0.3) is 0 Å². The predicted octanol–water partition coefficient (Wildman–Crippen LogP) is 0.971. The van der Waals surface area contributed by atoms with Gasteiger partial charge in [-0.2, -0.15) is 0 Å². The number of hydrogen-bond donors (Lipinski definition) is 0. The Bertz CT molecular complexity index is 163. The standard InChI is InChI=1S/C9H16O4/c1-5-7(8(10)13-6-2)9(11-3)12-4/h5,7,9H,1,6H2,2-4H3. The Morgan fingerprint density at radius 2 is 2.00 bits per heavy atom. The lowest BCUT2D eigenvalue weighted by molar-refractivity contribution is -0.170. The van der Waals surface area contributed by atoms with Gasteiger partial charge in [0.1, 0.15) is 5.92 Å². The van der Waals surface area contributed by atoms with Crippen LogP contribution in [0.4, 0.5) is 0 Å². The van der Waals surface area contributed by atoms with Gasteiger partial charge < -0.3 is 14.2 Å². The first kappa shape index (κ1) is 12.1. The van der Waals surface area contributed by atoms with Crippen LogP contribution in [0.3, 0.4) is 0 Å². The molecule has 1 unspecified atom stereocenters. The molecule has 0 saturated carbocycles. The van der Waals surface area contributed by atoms with E-state index < -0.39 is 12.2 Å². The summed E-state index contributed by atoms with van der Waals surface area (Å²) in [5.41, 5.74) is 0. The number of carbonyl (C=O) groups is 1. The van der Waals surface area contributed by atoms with Crippen molar-refractivity contribution in [1.29, 1.82) is 0 Å². The predicted molar refractivity (Wildman–Crippen MR) is 48.1 cm³/mol. The maximum Gasteiger partial charge on any atom is 0.317 e. The number of ether oxygens (including phenoxy) is 3. The Hall–Kier alpha value is -0.870. The molecule has 13 heavy (non-hydrogen) atoms. The van der Waals surface area contributed by atoms with Gasteiger partial charge in [-0.15, -0.1) is 6.58 Å². The molecule has 0 fully saturated rings. The van der Waals surface area contributed by atoms with Crippen LogP contribution in [-0.4, -0.2) is 33.1 Å². The van der Waals surface area contributed by atoms with Crippen molar-refractivity contribution in [3.8, 4) is 0 Å². The SMILES string of the molecule is C=CC(C(=O)OCC)C(OC)OC. The molecule has 4 nitrogen and oxygen atoms in total. The summed E-state index contributed by atoms with van der Waals surface area (Å²) in [6.07, 6.45) is 0.826. The van der Waals surface area contributed by atoms with Crippen molar-refractivity contribution < 1.29 is 19.0 Å². The molecule has 0 heterocycles. The lowest BCUT2D eigenvalue weighted by Crippen LogP contribution is -2.31. The quantitative estimate of drug-likeness (QED) is 0.354. The minimum atomic E-state index is -0.628. The largest absolute Gasteiger partial charge is 0.465 e. The van der Waals surface area contributed by atoms with Crippen LogP contribution in [0, 0.1) is 5.92 Å². The second kappa shape index (κ2) is 6.62. The first-order chi connectivity index (χ1) is 6.21. The number of methoxy groups -OCH3 is 2. The van der Waals surface area contributed by atoms with Crippen LogP contribution in [0.25, 0.3) is 0 Å². The smallest absolute Gasteiger partial charge is 0.317 e. The van der Waals surface area contributed by atoms with E-state index in [1.165, 1.54) is 20.3 Å². The Kier molecular flexibility index (Phi) is 6.18. The Morgan fingerprint density at radius 3 is 2.31 bits per heavy atom. The van der Waals surface area contributed by atoms with E-state index in [0.717, 1.165) is 0 Å². The third-order valence-electron chi connectivity index (χ3n) is 1.57. The van der Waals surface area contributed by atoms with Gasteiger partial charge in [-0.3, -0.25) is 4.79 Å². The maximum absolute atomic E-state index is 11.3. The molecule has 0 aromatic heterocycles. The molecule has 4 heteroatoms. The lowest BCUT2D eigenvalue weighted by Gasteiger charge is -2.19. The number of hydrogen-bond acceptors (Lipinski definition) is 4. The molecule has 0 saturated heterocycles. The molecule has 0 bridgehead atoms. The Morgan fingerprint density at radius 1 is 1.46 bits per heavy atom. The molecule has 0 aromatic rings. The molecule has 1 atom stereocenters.